The normalized spacial score (nSPS) is 10.8. The molecule has 4 nitrogen and oxygen atoms in total. The van der Waals surface area contributed by atoms with Crippen molar-refractivity contribution in [3.8, 4) is 0 Å². The zero-order valence-electron chi connectivity index (χ0n) is 14.8. The van der Waals surface area contributed by atoms with Gasteiger partial charge in [-0.3, -0.25) is 9.59 Å². The number of aromatic nitrogens is 1. The molecule has 0 spiro atoms. The molecule has 3 rings (SSSR count). The molecule has 25 heavy (non-hydrogen) atoms. The van der Waals surface area contributed by atoms with Crippen LogP contribution in [0.3, 0.4) is 0 Å². The monoisotopic (exact) mass is 334 g/mol. The first-order valence-corrected chi connectivity index (χ1v) is 8.42. The van der Waals surface area contributed by atoms with Crippen molar-refractivity contribution in [2.24, 2.45) is 0 Å². The van der Waals surface area contributed by atoms with Crippen molar-refractivity contribution in [1.82, 2.24) is 4.57 Å². The maximum atomic E-state index is 12.3. The maximum absolute atomic E-state index is 12.3. The van der Waals surface area contributed by atoms with Gasteiger partial charge in [0, 0.05) is 30.1 Å². The summed E-state index contributed by atoms with van der Waals surface area (Å²) in [6, 6.07) is 15.3. The van der Waals surface area contributed by atoms with E-state index in [4.69, 9.17) is 0 Å². The van der Waals surface area contributed by atoms with Gasteiger partial charge in [-0.15, -0.1) is 0 Å². The molecule has 1 amide bonds. The number of pyridine rings is 1. The predicted molar refractivity (Wildman–Crippen MR) is 102 cm³/mol. The molecule has 0 saturated carbocycles. The summed E-state index contributed by atoms with van der Waals surface area (Å²) in [6.07, 6.45) is 0.250. The molecule has 1 aromatic heterocycles. The van der Waals surface area contributed by atoms with Gasteiger partial charge < -0.3 is 9.88 Å². The van der Waals surface area contributed by atoms with E-state index in [1.807, 2.05) is 63.2 Å². The second-order valence-corrected chi connectivity index (χ2v) is 6.43. The predicted octanol–water partition coefficient (Wildman–Crippen LogP) is 3.96. The Hall–Kier alpha value is -2.88. The number of fused-ring (bicyclic) bond motifs is 1. The van der Waals surface area contributed by atoms with Crippen LogP contribution in [-0.4, -0.2) is 10.5 Å². The van der Waals surface area contributed by atoms with E-state index in [1.54, 1.807) is 10.6 Å². The van der Waals surface area contributed by atoms with Gasteiger partial charge in [-0.05, 0) is 55.7 Å². The summed E-state index contributed by atoms with van der Waals surface area (Å²) in [6.45, 7) is 6.34. The van der Waals surface area contributed by atoms with E-state index >= 15 is 0 Å². The number of hydrogen-bond donors (Lipinski definition) is 1. The van der Waals surface area contributed by atoms with Crippen molar-refractivity contribution in [3.63, 3.8) is 0 Å². The molecule has 1 N–H and O–H groups in total. The third-order valence-electron chi connectivity index (χ3n) is 4.58. The fourth-order valence-electron chi connectivity index (χ4n) is 2.99. The van der Waals surface area contributed by atoms with Crippen molar-refractivity contribution in [3.05, 3.63) is 75.6 Å². The Morgan fingerprint density at radius 2 is 1.72 bits per heavy atom. The quantitative estimate of drug-likeness (QED) is 0.785. The molecule has 2 aromatic carbocycles. The first kappa shape index (κ1) is 17.0. The highest BCUT2D eigenvalue weighted by molar-refractivity contribution is 5.91. The number of hydrogen-bond acceptors (Lipinski definition) is 2. The fraction of sp³-hybridized carbons (Fsp3) is 0.238. The van der Waals surface area contributed by atoms with E-state index in [0.717, 1.165) is 27.7 Å². The minimum absolute atomic E-state index is 0.0739. The van der Waals surface area contributed by atoms with Crippen LogP contribution in [0.15, 0.2) is 53.3 Å². The van der Waals surface area contributed by atoms with E-state index in [0.29, 0.717) is 6.54 Å². The third-order valence-corrected chi connectivity index (χ3v) is 4.58. The zero-order chi connectivity index (χ0) is 18.0. The van der Waals surface area contributed by atoms with Gasteiger partial charge in [0.05, 0.1) is 5.52 Å². The molecule has 0 fully saturated rings. The van der Waals surface area contributed by atoms with E-state index < -0.39 is 0 Å². The smallest absolute Gasteiger partial charge is 0.251 e. The van der Waals surface area contributed by atoms with Crippen LogP contribution in [0.1, 0.15) is 23.1 Å². The molecule has 128 valence electrons. The molecular formula is C21H22N2O2. The van der Waals surface area contributed by atoms with Crippen molar-refractivity contribution in [2.45, 2.75) is 33.7 Å². The molecule has 0 aliphatic heterocycles. The van der Waals surface area contributed by atoms with Crippen LogP contribution in [0.2, 0.25) is 0 Å². The second kappa shape index (κ2) is 6.93. The highest BCUT2D eigenvalue weighted by Gasteiger charge is 2.09. The lowest BCUT2D eigenvalue weighted by Crippen LogP contribution is -2.23. The van der Waals surface area contributed by atoms with Gasteiger partial charge in [-0.1, -0.05) is 24.3 Å². The van der Waals surface area contributed by atoms with Crippen LogP contribution >= 0.6 is 0 Å². The minimum Gasteiger partial charge on any atom is -0.326 e. The van der Waals surface area contributed by atoms with Gasteiger partial charge in [0.15, 0.2) is 0 Å². The number of nitrogens with zero attached hydrogens (tertiary/aromatic N) is 1. The first-order chi connectivity index (χ1) is 12.0. The van der Waals surface area contributed by atoms with Crippen molar-refractivity contribution in [2.75, 3.05) is 5.32 Å². The fourth-order valence-corrected chi connectivity index (χ4v) is 2.99. The summed E-state index contributed by atoms with van der Waals surface area (Å²) in [5.41, 5.74) is 4.86. The first-order valence-electron chi connectivity index (χ1n) is 8.42. The average molecular weight is 334 g/mol. The van der Waals surface area contributed by atoms with Crippen molar-refractivity contribution in [1.29, 1.82) is 0 Å². The van der Waals surface area contributed by atoms with E-state index in [-0.39, 0.29) is 17.9 Å². The number of amides is 1. The standard InChI is InChI=1S/C21H22N2O2/c1-14-8-9-17(12-15(14)2)22-20(24)10-11-23-19-7-5-4-6-18(19)16(3)13-21(23)25/h4-9,12-13H,10-11H2,1-3H3,(H,22,24). The van der Waals surface area contributed by atoms with Gasteiger partial charge in [0.25, 0.3) is 5.56 Å². The lowest BCUT2D eigenvalue weighted by molar-refractivity contribution is -0.116. The molecule has 0 saturated heterocycles. The molecule has 4 heteroatoms. The van der Waals surface area contributed by atoms with Crippen LogP contribution < -0.4 is 10.9 Å². The van der Waals surface area contributed by atoms with Crippen LogP contribution in [0.4, 0.5) is 5.69 Å². The summed E-state index contributed by atoms with van der Waals surface area (Å²) >= 11 is 0. The van der Waals surface area contributed by atoms with Gasteiger partial charge in [0.2, 0.25) is 5.91 Å². The van der Waals surface area contributed by atoms with Gasteiger partial charge in [-0.2, -0.15) is 0 Å². The number of carbonyl (C=O) groups is 1. The topological polar surface area (TPSA) is 51.1 Å². The molecular weight excluding hydrogens is 312 g/mol. The Morgan fingerprint density at radius 1 is 0.960 bits per heavy atom. The Kier molecular flexibility index (Phi) is 4.70. The zero-order valence-corrected chi connectivity index (χ0v) is 14.8. The van der Waals surface area contributed by atoms with Crippen LogP contribution in [0, 0.1) is 20.8 Å². The number of anilines is 1. The molecule has 0 atom stereocenters. The van der Waals surface area contributed by atoms with E-state index in [1.165, 1.54) is 5.56 Å². The number of carbonyl (C=O) groups excluding carboxylic acids is 1. The number of nitrogens with one attached hydrogen (secondary N) is 1. The van der Waals surface area contributed by atoms with Gasteiger partial charge >= 0.3 is 0 Å². The summed E-state index contributed by atoms with van der Waals surface area (Å²) in [5.74, 6) is -0.0974. The Labute approximate surface area is 147 Å². The summed E-state index contributed by atoms with van der Waals surface area (Å²) in [4.78, 5) is 24.6. The largest absolute Gasteiger partial charge is 0.326 e. The number of benzene rings is 2. The van der Waals surface area contributed by atoms with Crippen LogP contribution in [-0.2, 0) is 11.3 Å². The summed E-state index contributed by atoms with van der Waals surface area (Å²) < 4.78 is 1.67. The highest BCUT2D eigenvalue weighted by atomic mass is 16.1. The van der Waals surface area contributed by atoms with Gasteiger partial charge in [0.1, 0.15) is 0 Å². The van der Waals surface area contributed by atoms with E-state index in [9.17, 15) is 9.59 Å². The third kappa shape index (κ3) is 3.63. The Balaban J connectivity index is 1.77. The van der Waals surface area contributed by atoms with Gasteiger partial charge in [-0.25, -0.2) is 0 Å². The Morgan fingerprint density at radius 3 is 2.48 bits per heavy atom. The van der Waals surface area contributed by atoms with Crippen LogP contribution in [0.25, 0.3) is 10.9 Å². The summed E-state index contributed by atoms with van der Waals surface area (Å²) in [5, 5.41) is 3.94. The molecule has 0 radical (unpaired) electrons. The molecule has 0 bridgehead atoms. The molecule has 3 aromatic rings. The SMILES string of the molecule is Cc1ccc(NC(=O)CCn2c(=O)cc(C)c3ccccc32)cc1C. The minimum atomic E-state index is -0.0974. The van der Waals surface area contributed by atoms with Crippen molar-refractivity contribution < 1.29 is 4.79 Å². The van der Waals surface area contributed by atoms with E-state index in [2.05, 4.69) is 5.32 Å². The molecule has 0 unspecified atom stereocenters. The molecule has 1 heterocycles. The number of rotatable bonds is 4. The Bertz CT molecular complexity index is 1000. The summed E-state index contributed by atoms with van der Waals surface area (Å²) in [7, 11) is 0. The second-order valence-electron chi connectivity index (χ2n) is 6.43. The van der Waals surface area contributed by atoms with Crippen molar-refractivity contribution >= 4 is 22.5 Å². The lowest BCUT2D eigenvalue weighted by Gasteiger charge is -2.12. The molecule has 0 aliphatic rings. The maximum Gasteiger partial charge on any atom is 0.251 e. The van der Waals surface area contributed by atoms with Crippen LogP contribution in [0.5, 0.6) is 0 Å². The number of para-hydroxylation sites is 1. The average Bonchev–Trinajstić information content (AvgIpc) is 2.58. The molecule has 0 aliphatic carbocycles. The number of aryl methyl sites for hydroxylation is 4. The lowest BCUT2D eigenvalue weighted by atomic mass is 10.1. The highest BCUT2D eigenvalue weighted by Crippen LogP contribution is 2.17.